The molecule has 0 bridgehead atoms. The number of nitrogens with zero attached hydrogens (tertiary/aromatic N) is 3. The molecule has 3 aromatic rings. The fraction of sp³-hybridized carbons (Fsp3) is 0.214. The first-order valence-electron chi connectivity index (χ1n) is 6.53. The highest BCUT2D eigenvalue weighted by molar-refractivity contribution is 7.10. The fourth-order valence-corrected chi connectivity index (χ4v) is 2.85. The summed E-state index contributed by atoms with van der Waals surface area (Å²) >= 11 is 1.64. The van der Waals surface area contributed by atoms with Gasteiger partial charge in [0, 0.05) is 17.6 Å². The third kappa shape index (κ3) is 2.73. The van der Waals surface area contributed by atoms with Gasteiger partial charge in [-0.25, -0.2) is 4.79 Å². The van der Waals surface area contributed by atoms with Gasteiger partial charge in [-0.2, -0.15) is 15.4 Å². The number of amides is 2. The molecule has 0 saturated carbocycles. The standard InChI is InChI=1S/C14H15N5OS/c1-9(13-4-3-7-21-13)19(2)14(20)15-10-5-6-11-12(8-10)17-18-16-11/h3-9H,1-2H3,(H,15,20)(H,16,17,18). The molecule has 0 radical (unpaired) electrons. The minimum absolute atomic E-state index is 0.0285. The molecule has 0 aliphatic heterocycles. The van der Waals surface area contributed by atoms with E-state index in [1.807, 2.05) is 36.6 Å². The molecule has 0 aliphatic rings. The van der Waals surface area contributed by atoms with Crippen LogP contribution in [0.15, 0.2) is 35.7 Å². The number of aromatic amines is 1. The molecule has 7 heteroatoms. The van der Waals surface area contributed by atoms with E-state index in [1.165, 1.54) is 0 Å². The van der Waals surface area contributed by atoms with Crippen molar-refractivity contribution < 1.29 is 4.79 Å². The summed E-state index contributed by atoms with van der Waals surface area (Å²) in [5, 5.41) is 15.4. The highest BCUT2D eigenvalue weighted by atomic mass is 32.1. The molecular formula is C14H15N5OS. The van der Waals surface area contributed by atoms with Gasteiger partial charge in [0.2, 0.25) is 0 Å². The van der Waals surface area contributed by atoms with Crippen LogP contribution in [0.4, 0.5) is 10.5 Å². The Balaban J connectivity index is 1.73. The molecule has 0 aliphatic carbocycles. The first-order valence-corrected chi connectivity index (χ1v) is 7.41. The van der Waals surface area contributed by atoms with Crippen LogP contribution in [0.25, 0.3) is 11.0 Å². The largest absolute Gasteiger partial charge is 0.322 e. The van der Waals surface area contributed by atoms with Crippen LogP contribution < -0.4 is 5.32 Å². The average molecular weight is 301 g/mol. The number of nitrogens with one attached hydrogen (secondary N) is 2. The van der Waals surface area contributed by atoms with E-state index in [1.54, 1.807) is 29.4 Å². The van der Waals surface area contributed by atoms with E-state index in [2.05, 4.69) is 20.7 Å². The van der Waals surface area contributed by atoms with Crippen LogP contribution in [0.5, 0.6) is 0 Å². The topological polar surface area (TPSA) is 73.9 Å². The monoisotopic (exact) mass is 301 g/mol. The van der Waals surface area contributed by atoms with E-state index in [0.29, 0.717) is 5.69 Å². The summed E-state index contributed by atoms with van der Waals surface area (Å²) in [4.78, 5) is 15.1. The predicted octanol–water partition coefficient (Wildman–Crippen LogP) is 3.24. The van der Waals surface area contributed by atoms with E-state index in [9.17, 15) is 4.79 Å². The van der Waals surface area contributed by atoms with Gasteiger partial charge in [-0.05, 0) is 36.6 Å². The maximum atomic E-state index is 12.3. The summed E-state index contributed by atoms with van der Waals surface area (Å²) in [7, 11) is 1.79. The van der Waals surface area contributed by atoms with Gasteiger partial charge in [0.25, 0.3) is 0 Å². The minimum Gasteiger partial charge on any atom is -0.320 e. The molecular weight excluding hydrogens is 286 g/mol. The molecule has 2 heterocycles. The van der Waals surface area contributed by atoms with E-state index in [4.69, 9.17) is 0 Å². The van der Waals surface area contributed by atoms with E-state index in [-0.39, 0.29) is 12.1 Å². The van der Waals surface area contributed by atoms with E-state index >= 15 is 0 Å². The lowest BCUT2D eigenvalue weighted by atomic mass is 10.2. The zero-order valence-electron chi connectivity index (χ0n) is 11.7. The number of carbonyl (C=O) groups is 1. The lowest BCUT2D eigenvalue weighted by Gasteiger charge is -2.24. The van der Waals surface area contributed by atoms with Crippen molar-refractivity contribution in [3.05, 3.63) is 40.6 Å². The quantitative estimate of drug-likeness (QED) is 0.780. The number of aromatic nitrogens is 3. The van der Waals surface area contributed by atoms with Crippen molar-refractivity contribution in [2.45, 2.75) is 13.0 Å². The van der Waals surface area contributed by atoms with Gasteiger partial charge in [-0.3, -0.25) is 0 Å². The third-order valence-electron chi connectivity index (χ3n) is 3.42. The zero-order chi connectivity index (χ0) is 14.8. The number of rotatable bonds is 3. The third-order valence-corrected chi connectivity index (χ3v) is 4.47. The lowest BCUT2D eigenvalue weighted by molar-refractivity contribution is 0.209. The fourth-order valence-electron chi connectivity index (χ4n) is 2.03. The second-order valence-corrected chi connectivity index (χ2v) is 5.74. The van der Waals surface area contributed by atoms with Crippen LogP contribution >= 0.6 is 11.3 Å². The number of fused-ring (bicyclic) bond motifs is 1. The van der Waals surface area contributed by atoms with Crippen molar-refractivity contribution in [2.24, 2.45) is 0 Å². The molecule has 0 fully saturated rings. The highest BCUT2D eigenvalue weighted by Crippen LogP contribution is 2.24. The molecule has 1 aromatic carbocycles. The Morgan fingerprint density at radius 3 is 2.90 bits per heavy atom. The summed E-state index contributed by atoms with van der Waals surface area (Å²) in [6.45, 7) is 2.01. The second-order valence-electron chi connectivity index (χ2n) is 4.76. The van der Waals surface area contributed by atoms with Crippen LogP contribution in [-0.2, 0) is 0 Å². The van der Waals surface area contributed by atoms with Crippen LogP contribution in [0.1, 0.15) is 17.8 Å². The molecule has 0 spiro atoms. The Morgan fingerprint density at radius 2 is 2.14 bits per heavy atom. The normalized spacial score (nSPS) is 12.3. The summed E-state index contributed by atoms with van der Waals surface area (Å²) < 4.78 is 0. The van der Waals surface area contributed by atoms with Gasteiger partial charge in [-0.1, -0.05) is 6.07 Å². The van der Waals surface area contributed by atoms with Crippen molar-refractivity contribution in [3.63, 3.8) is 0 Å². The maximum absolute atomic E-state index is 12.3. The first kappa shape index (κ1) is 13.6. The van der Waals surface area contributed by atoms with Crippen LogP contribution in [0.2, 0.25) is 0 Å². The molecule has 108 valence electrons. The van der Waals surface area contributed by atoms with Crippen molar-refractivity contribution in [1.82, 2.24) is 20.3 Å². The summed E-state index contributed by atoms with van der Waals surface area (Å²) in [6, 6.07) is 9.31. The van der Waals surface area contributed by atoms with E-state index < -0.39 is 0 Å². The molecule has 2 N–H and O–H groups in total. The van der Waals surface area contributed by atoms with Gasteiger partial charge in [0.1, 0.15) is 11.0 Å². The molecule has 2 aromatic heterocycles. The number of H-pyrrole nitrogens is 1. The van der Waals surface area contributed by atoms with Crippen molar-refractivity contribution in [1.29, 1.82) is 0 Å². The van der Waals surface area contributed by atoms with Crippen molar-refractivity contribution in [3.8, 4) is 0 Å². The van der Waals surface area contributed by atoms with Crippen LogP contribution in [0.3, 0.4) is 0 Å². The van der Waals surface area contributed by atoms with E-state index in [0.717, 1.165) is 15.9 Å². The second kappa shape index (κ2) is 5.53. The minimum atomic E-state index is -0.154. The highest BCUT2D eigenvalue weighted by Gasteiger charge is 2.18. The Labute approximate surface area is 125 Å². The predicted molar refractivity (Wildman–Crippen MR) is 83.4 cm³/mol. The van der Waals surface area contributed by atoms with Crippen molar-refractivity contribution >= 4 is 34.1 Å². The van der Waals surface area contributed by atoms with Gasteiger partial charge in [0.15, 0.2) is 0 Å². The Morgan fingerprint density at radius 1 is 1.33 bits per heavy atom. The molecule has 1 unspecified atom stereocenters. The van der Waals surface area contributed by atoms with Gasteiger partial charge >= 0.3 is 6.03 Å². The number of hydrogen-bond acceptors (Lipinski definition) is 4. The molecule has 2 amide bonds. The molecule has 21 heavy (non-hydrogen) atoms. The molecule has 0 saturated heterocycles. The number of carbonyl (C=O) groups excluding carboxylic acids is 1. The first-order chi connectivity index (χ1) is 10.1. The Hall–Kier alpha value is -2.41. The number of benzene rings is 1. The Bertz CT molecular complexity index is 752. The van der Waals surface area contributed by atoms with Gasteiger partial charge < -0.3 is 10.2 Å². The summed E-state index contributed by atoms with van der Waals surface area (Å²) in [5.74, 6) is 0. The summed E-state index contributed by atoms with van der Waals surface area (Å²) in [6.07, 6.45) is 0. The molecule has 1 atom stereocenters. The average Bonchev–Trinajstić information content (AvgIpc) is 3.16. The number of thiophene rings is 1. The van der Waals surface area contributed by atoms with Gasteiger partial charge in [-0.15, -0.1) is 11.3 Å². The lowest BCUT2D eigenvalue weighted by Crippen LogP contribution is -2.33. The zero-order valence-corrected chi connectivity index (χ0v) is 12.5. The SMILES string of the molecule is CC(c1cccs1)N(C)C(=O)Nc1ccc2n[nH]nc2c1. The number of urea groups is 1. The Kier molecular flexibility index (Phi) is 3.57. The molecule has 3 rings (SSSR count). The van der Waals surface area contributed by atoms with Crippen molar-refractivity contribution in [2.75, 3.05) is 12.4 Å². The van der Waals surface area contributed by atoms with Crippen LogP contribution in [-0.4, -0.2) is 33.4 Å². The maximum Gasteiger partial charge on any atom is 0.322 e. The van der Waals surface area contributed by atoms with Crippen LogP contribution in [0, 0.1) is 0 Å². The molecule has 6 nitrogen and oxygen atoms in total. The number of hydrogen-bond donors (Lipinski definition) is 2. The van der Waals surface area contributed by atoms with Gasteiger partial charge in [0.05, 0.1) is 6.04 Å². The smallest absolute Gasteiger partial charge is 0.320 e. The summed E-state index contributed by atoms with van der Waals surface area (Å²) in [5.41, 5.74) is 2.20. The number of anilines is 1.